The molecule has 3 aromatic carbocycles. The lowest BCUT2D eigenvalue weighted by Gasteiger charge is -2.07. The number of ether oxygens (including phenoxy) is 1. The number of fused-ring (bicyclic) bond motifs is 1. The van der Waals surface area contributed by atoms with Gasteiger partial charge in [-0.2, -0.15) is 0 Å². The number of anilines is 2. The van der Waals surface area contributed by atoms with Crippen molar-refractivity contribution in [3.05, 3.63) is 80.3 Å². The van der Waals surface area contributed by atoms with Gasteiger partial charge in [0.25, 0.3) is 11.6 Å². The number of aromatic nitrogens is 1. The standard InChI is InChI=1S/C23H16Cl2N4O5S2/c1-34-14-4-7-17(19(10-14)29(32)33)27-21(30)11-35-23-28-18-6-3-13(9-20(18)36-23)26-22(31)15-5-2-12(24)8-16(15)25/h2-10H,11H2,1H3,(H,26,31)(H,27,30). The average Bonchev–Trinajstić information content (AvgIpc) is 3.25. The van der Waals surface area contributed by atoms with E-state index in [4.69, 9.17) is 27.9 Å². The monoisotopic (exact) mass is 562 g/mol. The Hall–Kier alpha value is -3.38. The van der Waals surface area contributed by atoms with Gasteiger partial charge >= 0.3 is 0 Å². The van der Waals surface area contributed by atoms with Gasteiger partial charge in [-0.15, -0.1) is 11.3 Å². The normalized spacial score (nSPS) is 10.8. The predicted octanol–water partition coefficient (Wildman–Crippen LogP) is 6.50. The van der Waals surface area contributed by atoms with E-state index in [1.165, 1.54) is 54.5 Å². The van der Waals surface area contributed by atoms with Crippen molar-refractivity contribution >= 4 is 85.4 Å². The molecular formula is C23H16Cl2N4O5S2. The van der Waals surface area contributed by atoms with Crippen LogP contribution in [0.3, 0.4) is 0 Å². The number of nitro groups is 1. The van der Waals surface area contributed by atoms with E-state index in [2.05, 4.69) is 15.6 Å². The molecule has 4 aromatic rings. The fourth-order valence-electron chi connectivity index (χ4n) is 3.12. The van der Waals surface area contributed by atoms with Crippen LogP contribution in [0, 0.1) is 10.1 Å². The molecule has 0 fully saturated rings. The minimum Gasteiger partial charge on any atom is -0.496 e. The van der Waals surface area contributed by atoms with Gasteiger partial charge in [0.15, 0.2) is 4.34 Å². The molecule has 2 amide bonds. The van der Waals surface area contributed by atoms with Crippen molar-refractivity contribution in [3.63, 3.8) is 0 Å². The number of thiazole rings is 1. The molecule has 2 N–H and O–H groups in total. The first kappa shape index (κ1) is 25.7. The maximum absolute atomic E-state index is 12.6. The fourth-order valence-corrected chi connectivity index (χ4v) is 5.53. The highest BCUT2D eigenvalue weighted by Crippen LogP contribution is 2.33. The lowest BCUT2D eigenvalue weighted by Crippen LogP contribution is -2.15. The first-order chi connectivity index (χ1) is 17.2. The molecule has 0 atom stereocenters. The van der Waals surface area contributed by atoms with Crippen molar-refractivity contribution in [1.29, 1.82) is 0 Å². The lowest BCUT2D eigenvalue weighted by molar-refractivity contribution is -0.384. The zero-order valence-electron chi connectivity index (χ0n) is 18.4. The van der Waals surface area contributed by atoms with E-state index in [0.717, 1.165) is 4.70 Å². The number of carbonyl (C=O) groups is 2. The molecule has 1 aromatic heterocycles. The molecule has 1 heterocycles. The van der Waals surface area contributed by atoms with Crippen molar-refractivity contribution in [2.45, 2.75) is 4.34 Å². The molecule has 0 aliphatic rings. The van der Waals surface area contributed by atoms with Crippen molar-refractivity contribution in [2.75, 3.05) is 23.5 Å². The van der Waals surface area contributed by atoms with E-state index in [9.17, 15) is 19.7 Å². The van der Waals surface area contributed by atoms with Gasteiger partial charge < -0.3 is 15.4 Å². The lowest BCUT2D eigenvalue weighted by atomic mass is 10.2. The minimum absolute atomic E-state index is 0.00165. The Morgan fingerprint density at radius 2 is 1.92 bits per heavy atom. The summed E-state index contributed by atoms with van der Waals surface area (Å²) in [5.41, 5.74) is 1.38. The van der Waals surface area contributed by atoms with Gasteiger partial charge in [0.1, 0.15) is 11.4 Å². The van der Waals surface area contributed by atoms with Crippen LogP contribution in [0.2, 0.25) is 10.0 Å². The maximum atomic E-state index is 12.6. The third kappa shape index (κ3) is 6.05. The van der Waals surface area contributed by atoms with Crippen LogP contribution < -0.4 is 15.4 Å². The number of nitrogens with zero attached hydrogens (tertiary/aromatic N) is 2. The van der Waals surface area contributed by atoms with E-state index >= 15 is 0 Å². The SMILES string of the molecule is COc1ccc(NC(=O)CSc2nc3ccc(NC(=O)c4ccc(Cl)cc4Cl)cc3s2)c([N+](=O)[O-])c1. The average molecular weight is 563 g/mol. The summed E-state index contributed by atoms with van der Waals surface area (Å²) in [5, 5.41) is 17.3. The highest BCUT2D eigenvalue weighted by molar-refractivity contribution is 8.01. The van der Waals surface area contributed by atoms with E-state index in [1.54, 1.807) is 30.3 Å². The number of nitro benzene ring substituents is 1. The van der Waals surface area contributed by atoms with Crippen LogP contribution in [-0.4, -0.2) is 34.6 Å². The second-order valence-corrected chi connectivity index (χ2v) is 10.3. The van der Waals surface area contributed by atoms with Gasteiger partial charge in [-0.1, -0.05) is 35.0 Å². The van der Waals surface area contributed by atoms with Gasteiger partial charge in [0, 0.05) is 10.7 Å². The van der Waals surface area contributed by atoms with Crippen molar-refractivity contribution in [1.82, 2.24) is 4.98 Å². The Kier molecular flexibility index (Phi) is 7.94. The Morgan fingerprint density at radius 3 is 2.64 bits per heavy atom. The van der Waals surface area contributed by atoms with E-state index in [0.29, 0.717) is 31.9 Å². The summed E-state index contributed by atoms with van der Waals surface area (Å²) in [6.45, 7) is 0. The quantitative estimate of drug-likeness (QED) is 0.142. The summed E-state index contributed by atoms with van der Waals surface area (Å²) in [6.07, 6.45) is 0. The molecule has 36 heavy (non-hydrogen) atoms. The number of thioether (sulfide) groups is 1. The zero-order chi connectivity index (χ0) is 25.8. The van der Waals surface area contributed by atoms with Crippen LogP contribution in [0.1, 0.15) is 10.4 Å². The van der Waals surface area contributed by atoms with Crippen LogP contribution in [-0.2, 0) is 4.79 Å². The summed E-state index contributed by atoms with van der Waals surface area (Å²) < 4.78 is 6.44. The summed E-state index contributed by atoms with van der Waals surface area (Å²) >= 11 is 14.5. The summed E-state index contributed by atoms with van der Waals surface area (Å²) in [5.74, 6) is -0.475. The molecular weight excluding hydrogens is 547 g/mol. The third-order valence-electron chi connectivity index (χ3n) is 4.80. The molecule has 0 radical (unpaired) electrons. The number of carbonyl (C=O) groups excluding carboxylic acids is 2. The number of hydrogen-bond donors (Lipinski definition) is 2. The Bertz CT molecular complexity index is 1490. The van der Waals surface area contributed by atoms with E-state index in [1.807, 2.05) is 0 Å². The molecule has 0 aliphatic heterocycles. The first-order valence-corrected chi connectivity index (χ1v) is 12.7. The van der Waals surface area contributed by atoms with Gasteiger partial charge in [-0.05, 0) is 48.5 Å². The maximum Gasteiger partial charge on any atom is 0.296 e. The Balaban J connectivity index is 1.41. The Labute approximate surface area is 222 Å². The highest BCUT2D eigenvalue weighted by Gasteiger charge is 2.18. The first-order valence-electron chi connectivity index (χ1n) is 10.2. The molecule has 9 nitrogen and oxygen atoms in total. The van der Waals surface area contributed by atoms with Crippen LogP contribution in [0.4, 0.5) is 17.1 Å². The number of hydrogen-bond acceptors (Lipinski definition) is 8. The van der Waals surface area contributed by atoms with E-state index in [-0.39, 0.29) is 28.1 Å². The molecule has 0 aliphatic carbocycles. The third-order valence-corrected chi connectivity index (χ3v) is 7.51. The second kappa shape index (κ2) is 11.1. The number of halogens is 2. The molecule has 13 heteroatoms. The molecule has 0 saturated heterocycles. The number of amides is 2. The second-order valence-electron chi connectivity index (χ2n) is 7.22. The predicted molar refractivity (Wildman–Crippen MR) is 143 cm³/mol. The van der Waals surface area contributed by atoms with Crippen LogP contribution in [0.25, 0.3) is 10.2 Å². The van der Waals surface area contributed by atoms with E-state index < -0.39 is 10.8 Å². The topological polar surface area (TPSA) is 123 Å². The van der Waals surface area contributed by atoms with Crippen molar-refractivity contribution in [3.8, 4) is 5.75 Å². The molecule has 0 spiro atoms. The van der Waals surface area contributed by atoms with Gasteiger partial charge in [0.05, 0.1) is 44.7 Å². The van der Waals surface area contributed by atoms with Crippen molar-refractivity contribution < 1.29 is 19.2 Å². The smallest absolute Gasteiger partial charge is 0.296 e. The van der Waals surface area contributed by atoms with Gasteiger partial charge in [-0.25, -0.2) is 4.98 Å². The molecule has 0 saturated carbocycles. The summed E-state index contributed by atoms with van der Waals surface area (Å²) in [7, 11) is 1.40. The van der Waals surface area contributed by atoms with Crippen LogP contribution in [0.5, 0.6) is 5.75 Å². The Morgan fingerprint density at radius 1 is 1.11 bits per heavy atom. The van der Waals surface area contributed by atoms with Crippen LogP contribution >= 0.6 is 46.3 Å². The number of benzene rings is 3. The summed E-state index contributed by atoms with van der Waals surface area (Å²) in [4.78, 5) is 40.2. The molecule has 4 rings (SSSR count). The zero-order valence-corrected chi connectivity index (χ0v) is 21.6. The van der Waals surface area contributed by atoms with Gasteiger partial charge in [0.2, 0.25) is 5.91 Å². The highest BCUT2D eigenvalue weighted by atomic mass is 35.5. The fraction of sp³-hybridized carbons (Fsp3) is 0.0870. The minimum atomic E-state index is -0.587. The molecule has 0 bridgehead atoms. The van der Waals surface area contributed by atoms with Crippen molar-refractivity contribution in [2.24, 2.45) is 0 Å². The number of nitrogens with one attached hydrogen (secondary N) is 2. The largest absolute Gasteiger partial charge is 0.496 e. The number of rotatable bonds is 8. The molecule has 184 valence electrons. The van der Waals surface area contributed by atoms with Gasteiger partial charge in [-0.3, -0.25) is 19.7 Å². The number of methoxy groups -OCH3 is 1. The summed E-state index contributed by atoms with van der Waals surface area (Å²) in [6, 6.07) is 14.1. The van der Waals surface area contributed by atoms with Crippen LogP contribution in [0.15, 0.2) is 58.9 Å². The molecule has 0 unspecified atom stereocenters.